The summed E-state index contributed by atoms with van der Waals surface area (Å²) >= 11 is 2.25. The zero-order valence-electron chi connectivity index (χ0n) is 21.4. The molecular weight excluding hydrogens is 597 g/mol. The van der Waals surface area contributed by atoms with Crippen LogP contribution < -0.4 is 10.6 Å². The van der Waals surface area contributed by atoms with Gasteiger partial charge in [-0.05, 0) is 100 Å². The van der Waals surface area contributed by atoms with E-state index in [2.05, 4.69) is 51.4 Å². The Bertz CT molecular complexity index is 1280. The summed E-state index contributed by atoms with van der Waals surface area (Å²) in [6, 6.07) is 18.7. The highest BCUT2D eigenvalue weighted by atomic mass is 127. The summed E-state index contributed by atoms with van der Waals surface area (Å²) in [4.78, 5) is 13.6. The summed E-state index contributed by atoms with van der Waals surface area (Å²) < 4.78 is 29.0. The van der Waals surface area contributed by atoms with Crippen LogP contribution in [-0.4, -0.2) is 29.7 Å². The summed E-state index contributed by atoms with van der Waals surface area (Å²) in [6.07, 6.45) is 3.65. The van der Waals surface area contributed by atoms with Crippen LogP contribution in [0.25, 0.3) is 5.57 Å². The van der Waals surface area contributed by atoms with Crippen molar-refractivity contribution in [3.05, 3.63) is 110 Å². The number of rotatable bonds is 11. The fourth-order valence-electron chi connectivity index (χ4n) is 5.09. The molecular formula is C31H33F2IN2O2. The number of carbonyl (C=O) groups excluding carboxylic acids is 1. The first-order valence-corrected chi connectivity index (χ1v) is 14.1. The van der Waals surface area contributed by atoms with E-state index in [0.29, 0.717) is 18.5 Å². The quantitative estimate of drug-likeness (QED) is 0.235. The molecule has 0 aromatic heterocycles. The van der Waals surface area contributed by atoms with Gasteiger partial charge in [0.15, 0.2) is 0 Å². The zero-order valence-corrected chi connectivity index (χ0v) is 23.5. The molecule has 4 nitrogen and oxygen atoms in total. The van der Waals surface area contributed by atoms with E-state index in [4.69, 9.17) is 0 Å². The first-order chi connectivity index (χ1) is 18.3. The Morgan fingerprint density at radius 1 is 1.03 bits per heavy atom. The molecule has 1 unspecified atom stereocenters. The molecule has 0 spiro atoms. The number of amides is 1. The third-order valence-corrected chi connectivity index (χ3v) is 7.62. The molecule has 200 valence electrons. The average molecular weight is 631 g/mol. The maximum atomic E-state index is 13.9. The number of allylic oxidation sites excluding steroid dienone is 1. The number of aryl methyl sites for hydroxylation is 1. The van der Waals surface area contributed by atoms with Crippen LogP contribution in [0.1, 0.15) is 42.0 Å². The minimum Gasteiger partial charge on any atom is -0.390 e. The third-order valence-electron chi connectivity index (χ3n) is 6.95. The van der Waals surface area contributed by atoms with Crippen molar-refractivity contribution in [1.29, 1.82) is 0 Å². The van der Waals surface area contributed by atoms with Crippen LogP contribution in [0.15, 0.2) is 72.8 Å². The van der Waals surface area contributed by atoms with Gasteiger partial charge in [0.25, 0.3) is 0 Å². The molecule has 0 aliphatic heterocycles. The van der Waals surface area contributed by atoms with Crippen LogP contribution in [0.3, 0.4) is 0 Å². The molecule has 0 radical (unpaired) electrons. The fourth-order valence-corrected chi connectivity index (χ4v) is 5.70. The van der Waals surface area contributed by atoms with E-state index in [1.165, 1.54) is 17.7 Å². The summed E-state index contributed by atoms with van der Waals surface area (Å²) in [5.41, 5.74) is 4.76. The lowest BCUT2D eigenvalue weighted by Gasteiger charge is -2.29. The van der Waals surface area contributed by atoms with Crippen LogP contribution in [0.2, 0.25) is 0 Å². The van der Waals surface area contributed by atoms with E-state index in [9.17, 15) is 18.7 Å². The molecule has 4 rings (SSSR count). The van der Waals surface area contributed by atoms with Crippen molar-refractivity contribution in [2.24, 2.45) is 5.92 Å². The molecule has 3 N–H and O–H groups in total. The molecule has 1 aliphatic carbocycles. The maximum absolute atomic E-state index is 13.9. The molecule has 0 fully saturated rings. The normalized spacial score (nSPS) is 15.2. The second kappa shape index (κ2) is 13.4. The van der Waals surface area contributed by atoms with Gasteiger partial charge in [0.1, 0.15) is 11.6 Å². The molecule has 1 amide bonds. The Labute approximate surface area is 236 Å². The Morgan fingerprint density at radius 3 is 2.53 bits per heavy atom. The molecule has 3 aromatic carbocycles. The first kappa shape index (κ1) is 28.4. The van der Waals surface area contributed by atoms with Crippen molar-refractivity contribution in [3.8, 4) is 0 Å². The SMILES string of the molecule is CCC(C(=O)N[C@@H](Cc1cc(F)cc(F)c1)[C@@H](O)CNCc1cccc(I)c1)C1=CCCc2ccccc21. The second-order valence-electron chi connectivity index (χ2n) is 9.74. The van der Waals surface area contributed by atoms with Crippen molar-refractivity contribution in [3.63, 3.8) is 0 Å². The van der Waals surface area contributed by atoms with Gasteiger partial charge in [-0.3, -0.25) is 4.79 Å². The van der Waals surface area contributed by atoms with Crippen molar-refractivity contribution >= 4 is 34.1 Å². The van der Waals surface area contributed by atoms with Gasteiger partial charge in [-0.2, -0.15) is 0 Å². The minimum absolute atomic E-state index is 0.0958. The van der Waals surface area contributed by atoms with Crippen LogP contribution >= 0.6 is 22.6 Å². The number of hydrogen-bond acceptors (Lipinski definition) is 3. The smallest absolute Gasteiger partial charge is 0.227 e. The molecule has 0 bridgehead atoms. The maximum Gasteiger partial charge on any atom is 0.227 e. The van der Waals surface area contributed by atoms with Crippen LogP contribution in [0.4, 0.5) is 8.78 Å². The van der Waals surface area contributed by atoms with Crippen molar-refractivity contribution in [2.75, 3.05) is 6.54 Å². The number of carbonyl (C=O) groups is 1. The van der Waals surface area contributed by atoms with Gasteiger partial charge in [-0.1, -0.05) is 49.4 Å². The molecule has 0 heterocycles. The van der Waals surface area contributed by atoms with Crippen LogP contribution in [0, 0.1) is 21.1 Å². The van der Waals surface area contributed by atoms with E-state index < -0.39 is 29.7 Å². The molecule has 38 heavy (non-hydrogen) atoms. The number of aliphatic hydroxyl groups is 1. The Morgan fingerprint density at radius 2 is 1.79 bits per heavy atom. The highest BCUT2D eigenvalue weighted by Crippen LogP contribution is 2.33. The van der Waals surface area contributed by atoms with Crippen LogP contribution in [0.5, 0.6) is 0 Å². The molecule has 0 saturated carbocycles. The van der Waals surface area contributed by atoms with Crippen molar-refractivity contribution in [2.45, 2.75) is 51.3 Å². The van der Waals surface area contributed by atoms with E-state index in [1.54, 1.807) is 0 Å². The lowest BCUT2D eigenvalue weighted by Crippen LogP contribution is -2.50. The summed E-state index contributed by atoms with van der Waals surface area (Å²) in [5.74, 6) is -1.97. The average Bonchev–Trinajstić information content (AvgIpc) is 2.88. The molecule has 7 heteroatoms. The third kappa shape index (κ3) is 7.48. The van der Waals surface area contributed by atoms with Gasteiger partial charge >= 0.3 is 0 Å². The largest absolute Gasteiger partial charge is 0.390 e. The Hall–Kier alpha value is -2.62. The predicted octanol–water partition coefficient (Wildman–Crippen LogP) is 5.80. The number of fused-ring (bicyclic) bond motifs is 1. The lowest BCUT2D eigenvalue weighted by atomic mass is 9.82. The number of nitrogens with one attached hydrogen (secondary N) is 2. The van der Waals surface area contributed by atoms with Gasteiger partial charge in [0.05, 0.1) is 18.1 Å². The summed E-state index contributed by atoms with van der Waals surface area (Å²) in [5, 5.41) is 17.4. The van der Waals surface area contributed by atoms with Gasteiger partial charge in [0.2, 0.25) is 5.91 Å². The fraction of sp³-hybridized carbons (Fsp3) is 0.323. The standard InChI is InChI=1S/C31H33F2IN2O2/c1-2-26(28-12-6-9-22-8-3-4-11-27(22)28)31(38)36-29(16-21-13-23(32)17-24(33)14-21)30(37)19-35-18-20-7-5-10-25(34)15-20/h3-5,7-8,10-15,17,26,29-30,35,37H,2,6,9,16,18-19H2,1H3,(H,36,38)/t26?,29-,30-/m0/s1. The van der Waals surface area contributed by atoms with E-state index in [0.717, 1.165) is 39.2 Å². The number of halogens is 3. The zero-order chi connectivity index (χ0) is 27.1. The second-order valence-corrected chi connectivity index (χ2v) is 11.0. The molecule has 3 aromatic rings. The monoisotopic (exact) mass is 630 g/mol. The minimum atomic E-state index is -0.974. The van der Waals surface area contributed by atoms with Gasteiger partial charge in [-0.25, -0.2) is 8.78 Å². The highest BCUT2D eigenvalue weighted by Gasteiger charge is 2.29. The van der Waals surface area contributed by atoms with Crippen LogP contribution in [-0.2, 0) is 24.2 Å². The number of benzene rings is 3. The van der Waals surface area contributed by atoms with E-state index in [-0.39, 0.29) is 18.9 Å². The summed E-state index contributed by atoms with van der Waals surface area (Å²) in [7, 11) is 0. The molecule has 0 saturated heterocycles. The molecule has 3 atom stereocenters. The van der Waals surface area contributed by atoms with E-state index >= 15 is 0 Å². The van der Waals surface area contributed by atoms with Crippen molar-refractivity contribution < 1.29 is 18.7 Å². The predicted molar refractivity (Wildman–Crippen MR) is 155 cm³/mol. The Balaban J connectivity index is 1.51. The number of aliphatic hydroxyl groups excluding tert-OH is 1. The van der Waals surface area contributed by atoms with Gasteiger partial charge in [0, 0.05) is 22.7 Å². The van der Waals surface area contributed by atoms with Crippen molar-refractivity contribution in [1.82, 2.24) is 10.6 Å². The Kier molecular flexibility index (Phi) is 10.0. The van der Waals surface area contributed by atoms with Gasteiger partial charge < -0.3 is 15.7 Å². The number of hydrogen-bond donors (Lipinski definition) is 3. The highest BCUT2D eigenvalue weighted by molar-refractivity contribution is 14.1. The summed E-state index contributed by atoms with van der Waals surface area (Å²) in [6.45, 7) is 2.72. The van der Waals surface area contributed by atoms with E-state index in [1.807, 2.05) is 43.3 Å². The van der Waals surface area contributed by atoms with Gasteiger partial charge in [-0.15, -0.1) is 0 Å². The molecule has 1 aliphatic rings. The first-order valence-electron chi connectivity index (χ1n) is 13.0. The lowest BCUT2D eigenvalue weighted by molar-refractivity contribution is -0.125. The topological polar surface area (TPSA) is 61.4 Å².